The Labute approximate surface area is 100 Å². The SMILES string of the molecule is C#C[Si](C)(O[Si](C)(C)O[Si](C)(C)C)C(=O)O. The zero-order chi connectivity index (χ0) is 13.2. The van der Waals surface area contributed by atoms with Crippen molar-refractivity contribution in [3.05, 3.63) is 0 Å². The van der Waals surface area contributed by atoms with Crippen LogP contribution in [0.1, 0.15) is 0 Å². The molecule has 0 saturated heterocycles. The Bertz CT molecular complexity index is 316. The van der Waals surface area contributed by atoms with Crippen LogP contribution in [0.25, 0.3) is 0 Å². The van der Waals surface area contributed by atoms with E-state index >= 15 is 0 Å². The van der Waals surface area contributed by atoms with Gasteiger partial charge in [-0.2, -0.15) is 0 Å². The summed E-state index contributed by atoms with van der Waals surface area (Å²) < 4.78 is 11.6. The molecule has 0 amide bonds. The van der Waals surface area contributed by atoms with E-state index in [9.17, 15) is 4.79 Å². The molecule has 1 N–H and O–H groups in total. The van der Waals surface area contributed by atoms with Crippen LogP contribution in [0.15, 0.2) is 0 Å². The van der Waals surface area contributed by atoms with Gasteiger partial charge in [0.25, 0.3) is 0 Å². The van der Waals surface area contributed by atoms with Crippen molar-refractivity contribution in [1.82, 2.24) is 0 Å². The maximum absolute atomic E-state index is 11.1. The highest BCUT2D eigenvalue weighted by Gasteiger charge is 2.45. The van der Waals surface area contributed by atoms with Crippen molar-refractivity contribution in [2.45, 2.75) is 39.3 Å². The van der Waals surface area contributed by atoms with Gasteiger partial charge in [-0.3, -0.25) is 4.79 Å². The zero-order valence-electron chi connectivity index (χ0n) is 10.7. The Hall–Kier alpha value is -0.399. The molecule has 0 bridgehead atoms. The lowest BCUT2D eigenvalue weighted by Crippen LogP contribution is -2.55. The van der Waals surface area contributed by atoms with Crippen molar-refractivity contribution in [1.29, 1.82) is 0 Å². The van der Waals surface area contributed by atoms with Crippen LogP contribution in [0.5, 0.6) is 0 Å². The van der Waals surface area contributed by atoms with E-state index < -0.39 is 30.8 Å². The average Bonchev–Trinajstić information content (AvgIpc) is 1.97. The number of terminal acetylenes is 1. The minimum atomic E-state index is -3.13. The first kappa shape index (κ1) is 15.6. The van der Waals surface area contributed by atoms with E-state index in [-0.39, 0.29) is 0 Å². The first-order valence-electron chi connectivity index (χ1n) is 5.03. The third kappa shape index (κ3) is 5.09. The standard InChI is InChI=1S/C9H20O4Si3/c1-8-16(7,9(10)11)13-15(5,6)12-14(2,3)4/h1H,2-7H3,(H,10,11). The van der Waals surface area contributed by atoms with E-state index in [1.165, 1.54) is 6.55 Å². The number of carbonyl (C=O) groups is 1. The predicted molar refractivity (Wildman–Crippen MR) is 71.5 cm³/mol. The lowest BCUT2D eigenvalue weighted by Gasteiger charge is -2.34. The second-order valence-electron chi connectivity index (χ2n) is 5.20. The van der Waals surface area contributed by atoms with Crippen molar-refractivity contribution in [3.8, 4) is 12.0 Å². The van der Waals surface area contributed by atoms with Crippen molar-refractivity contribution in [3.63, 3.8) is 0 Å². The Morgan fingerprint density at radius 1 is 1.12 bits per heavy atom. The smallest absolute Gasteiger partial charge is 0.384 e. The monoisotopic (exact) mass is 276 g/mol. The fourth-order valence-electron chi connectivity index (χ4n) is 1.38. The molecule has 1 unspecified atom stereocenters. The fourth-order valence-corrected chi connectivity index (χ4v) is 12.5. The van der Waals surface area contributed by atoms with E-state index in [0.717, 1.165) is 0 Å². The van der Waals surface area contributed by atoms with Crippen molar-refractivity contribution < 1.29 is 18.1 Å². The molecule has 1 atom stereocenters. The van der Waals surface area contributed by atoms with Gasteiger partial charge in [0.05, 0.1) is 0 Å². The summed E-state index contributed by atoms with van der Waals surface area (Å²) in [5.41, 5.74) is 1.29. The fraction of sp³-hybridized carbons (Fsp3) is 0.667. The molecule has 0 fully saturated rings. The minimum Gasteiger partial charge on any atom is -0.483 e. The van der Waals surface area contributed by atoms with Crippen LogP contribution in [-0.2, 0) is 8.23 Å². The van der Waals surface area contributed by atoms with Crippen molar-refractivity contribution in [2.24, 2.45) is 0 Å². The minimum absolute atomic E-state index is 1.02. The van der Waals surface area contributed by atoms with E-state index in [1.807, 2.05) is 32.7 Å². The van der Waals surface area contributed by atoms with E-state index in [0.29, 0.717) is 0 Å². The lowest BCUT2D eigenvalue weighted by atomic mass is 11.4. The molecular formula is C9H20O4Si3. The summed E-state index contributed by atoms with van der Waals surface area (Å²) in [6, 6.07) is 0. The largest absolute Gasteiger partial charge is 0.483 e. The zero-order valence-corrected chi connectivity index (χ0v) is 13.7. The third-order valence-corrected chi connectivity index (χ3v) is 11.1. The second kappa shape index (κ2) is 4.85. The molecule has 0 spiro atoms. The topological polar surface area (TPSA) is 55.8 Å². The second-order valence-corrected chi connectivity index (χ2v) is 16.6. The van der Waals surface area contributed by atoms with Gasteiger partial charge in [-0.15, -0.1) is 6.42 Å². The third-order valence-electron chi connectivity index (χ3n) is 1.69. The van der Waals surface area contributed by atoms with Gasteiger partial charge < -0.3 is 13.3 Å². The van der Waals surface area contributed by atoms with Crippen LogP contribution in [0.3, 0.4) is 0 Å². The van der Waals surface area contributed by atoms with Crippen LogP contribution in [-0.4, -0.2) is 35.9 Å². The maximum atomic E-state index is 11.1. The molecule has 0 aliphatic carbocycles. The molecule has 0 aliphatic rings. The first-order chi connectivity index (χ1) is 6.92. The molecule has 4 nitrogen and oxygen atoms in total. The molecule has 0 radical (unpaired) electrons. The van der Waals surface area contributed by atoms with Crippen LogP contribution in [0, 0.1) is 12.0 Å². The summed E-state index contributed by atoms with van der Waals surface area (Å²) in [7, 11) is -7.33. The normalized spacial score (nSPS) is 16.3. The van der Waals surface area contributed by atoms with Crippen LogP contribution >= 0.6 is 0 Å². The summed E-state index contributed by atoms with van der Waals surface area (Å²) in [6.45, 7) is 11.3. The first-order valence-corrected chi connectivity index (χ1v) is 13.7. The van der Waals surface area contributed by atoms with Gasteiger partial charge in [0.15, 0.2) is 8.32 Å². The number of carboxylic acid groups (broad SMARTS) is 1. The van der Waals surface area contributed by atoms with Gasteiger partial charge >= 0.3 is 22.5 Å². The quantitative estimate of drug-likeness (QED) is 0.619. The van der Waals surface area contributed by atoms with Gasteiger partial charge in [-0.1, -0.05) is 5.54 Å². The lowest BCUT2D eigenvalue weighted by molar-refractivity contribution is 0.213. The summed E-state index contributed by atoms with van der Waals surface area (Å²) >= 11 is 0. The van der Waals surface area contributed by atoms with Crippen LogP contribution in [0.2, 0.25) is 39.3 Å². The molecule has 0 aromatic rings. The Morgan fingerprint density at radius 3 is 1.81 bits per heavy atom. The highest BCUT2D eigenvalue weighted by molar-refractivity contribution is 7.08. The predicted octanol–water partition coefficient (Wildman–Crippen LogP) is 2.56. The summed E-state index contributed by atoms with van der Waals surface area (Å²) in [5.74, 6) is 0. The Morgan fingerprint density at radius 2 is 1.56 bits per heavy atom. The van der Waals surface area contributed by atoms with Gasteiger partial charge in [-0.05, 0) is 39.3 Å². The molecule has 0 saturated carbocycles. The summed E-state index contributed by atoms with van der Waals surface area (Å²) in [4.78, 5) is 11.1. The molecule has 0 aromatic heterocycles. The van der Waals surface area contributed by atoms with Gasteiger partial charge in [0.1, 0.15) is 0 Å². The Balaban J connectivity index is 4.83. The molecule has 0 rings (SSSR count). The highest BCUT2D eigenvalue weighted by Crippen LogP contribution is 2.20. The van der Waals surface area contributed by atoms with Crippen LogP contribution in [0.4, 0.5) is 4.79 Å². The highest BCUT2D eigenvalue weighted by atomic mass is 28.5. The van der Waals surface area contributed by atoms with Crippen molar-refractivity contribution >= 4 is 30.8 Å². The molecule has 16 heavy (non-hydrogen) atoms. The molecule has 0 heterocycles. The van der Waals surface area contributed by atoms with Crippen LogP contribution < -0.4 is 0 Å². The molecule has 92 valence electrons. The number of rotatable bonds is 5. The summed E-state index contributed by atoms with van der Waals surface area (Å²) in [5, 5.41) is 9.07. The van der Waals surface area contributed by atoms with E-state index in [2.05, 4.69) is 5.54 Å². The van der Waals surface area contributed by atoms with Gasteiger partial charge in [-0.25, -0.2) is 0 Å². The number of hydrogen-bond donors (Lipinski definition) is 1. The number of hydrogen-bond acceptors (Lipinski definition) is 3. The summed E-state index contributed by atoms with van der Waals surface area (Å²) in [6.07, 6.45) is 5.26. The maximum Gasteiger partial charge on any atom is 0.384 e. The van der Waals surface area contributed by atoms with Crippen molar-refractivity contribution in [2.75, 3.05) is 0 Å². The molecule has 0 aliphatic heterocycles. The Kier molecular flexibility index (Phi) is 4.73. The van der Waals surface area contributed by atoms with Gasteiger partial charge in [0.2, 0.25) is 0 Å². The van der Waals surface area contributed by atoms with E-state index in [1.54, 1.807) is 0 Å². The molecule has 7 heteroatoms. The van der Waals surface area contributed by atoms with Gasteiger partial charge in [0, 0.05) is 0 Å². The molecule has 0 aromatic carbocycles. The molecular weight excluding hydrogens is 256 g/mol. The van der Waals surface area contributed by atoms with E-state index in [4.69, 9.17) is 19.8 Å². The average molecular weight is 277 g/mol.